The fourth-order valence-electron chi connectivity index (χ4n) is 1.90. The monoisotopic (exact) mass is 448 g/mol. The average Bonchev–Trinajstić information content (AvgIpc) is 2.40. The molecule has 0 aliphatic heterocycles. The van der Waals surface area contributed by atoms with E-state index in [-0.39, 0.29) is 5.57 Å². The maximum Gasteiger partial charge on any atom is 0.430 e. The summed E-state index contributed by atoms with van der Waals surface area (Å²) in [5.41, 5.74) is -14.8. The number of ether oxygens (including phenoxy) is 2. The molecule has 0 rings (SSSR count). The fourth-order valence-corrected chi connectivity index (χ4v) is 1.90. The van der Waals surface area contributed by atoms with E-state index >= 15 is 0 Å². The van der Waals surface area contributed by atoms with Gasteiger partial charge >= 0.3 is 35.9 Å². The number of hydrogen-bond acceptors (Lipinski definition) is 4. The van der Waals surface area contributed by atoms with Crippen LogP contribution in [0.4, 0.5) is 52.7 Å². The van der Waals surface area contributed by atoms with Crippen LogP contribution < -0.4 is 0 Å². The van der Waals surface area contributed by atoms with Crippen LogP contribution >= 0.6 is 0 Å². The predicted molar refractivity (Wildman–Crippen MR) is 64.6 cm³/mol. The van der Waals surface area contributed by atoms with Crippen LogP contribution in [0.3, 0.4) is 0 Å². The second-order valence-corrected chi connectivity index (χ2v) is 5.30. The van der Waals surface area contributed by atoms with Crippen molar-refractivity contribution < 1.29 is 72.4 Å². The molecule has 0 aliphatic rings. The van der Waals surface area contributed by atoms with Gasteiger partial charge in [-0.1, -0.05) is 6.58 Å². The lowest BCUT2D eigenvalue weighted by molar-refractivity contribution is -0.503. The van der Waals surface area contributed by atoms with Crippen molar-refractivity contribution in [3.63, 3.8) is 0 Å². The normalized spacial score (nSPS) is 16.2. The van der Waals surface area contributed by atoms with E-state index in [1.54, 1.807) is 0 Å². The third kappa shape index (κ3) is 4.49. The molecule has 0 heterocycles. The van der Waals surface area contributed by atoms with Gasteiger partial charge in [-0.2, -0.15) is 52.7 Å². The van der Waals surface area contributed by atoms with Crippen LogP contribution in [0.5, 0.6) is 0 Å². The lowest BCUT2D eigenvalue weighted by Crippen LogP contribution is -2.81. The van der Waals surface area contributed by atoms with Crippen LogP contribution in [-0.2, 0) is 9.47 Å². The van der Waals surface area contributed by atoms with Crippen molar-refractivity contribution >= 4 is 0 Å². The molecule has 0 amide bonds. The molecular weight excluding hydrogens is 436 g/mol. The number of halogens is 12. The van der Waals surface area contributed by atoms with Crippen molar-refractivity contribution in [1.29, 1.82) is 0 Å². The van der Waals surface area contributed by atoms with Crippen LogP contribution in [0.15, 0.2) is 12.2 Å². The first kappa shape index (κ1) is 26.7. The van der Waals surface area contributed by atoms with Gasteiger partial charge in [-0.05, 0) is 12.5 Å². The SMILES string of the molecule is C=C(C)C(O)OCCOC(C(F)(F)F)(C(F)(F)F)C(O)(C(F)(F)F)C(F)(F)F. The van der Waals surface area contributed by atoms with Crippen molar-refractivity contribution in [2.75, 3.05) is 13.2 Å². The van der Waals surface area contributed by atoms with Crippen LogP contribution in [-0.4, -0.2) is 65.6 Å². The maximum atomic E-state index is 13.0. The highest BCUT2D eigenvalue weighted by atomic mass is 19.4. The van der Waals surface area contributed by atoms with Gasteiger partial charge in [0, 0.05) is 0 Å². The van der Waals surface area contributed by atoms with E-state index in [0.717, 1.165) is 6.92 Å². The summed E-state index contributed by atoms with van der Waals surface area (Å²) < 4.78 is 162. The van der Waals surface area contributed by atoms with Crippen molar-refractivity contribution in [3.8, 4) is 0 Å². The van der Waals surface area contributed by atoms with Gasteiger partial charge in [0.25, 0.3) is 0 Å². The highest BCUT2D eigenvalue weighted by Gasteiger charge is 2.94. The van der Waals surface area contributed by atoms with E-state index in [4.69, 9.17) is 10.2 Å². The van der Waals surface area contributed by atoms with Gasteiger partial charge in [-0.15, -0.1) is 0 Å². The second kappa shape index (κ2) is 7.87. The molecule has 16 heteroatoms. The Hall–Kier alpha value is -1.26. The molecule has 28 heavy (non-hydrogen) atoms. The van der Waals surface area contributed by atoms with Crippen molar-refractivity contribution in [3.05, 3.63) is 12.2 Å². The quantitative estimate of drug-likeness (QED) is 0.271. The Kier molecular flexibility index (Phi) is 7.52. The Morgan fingerprint density at radius 2 is 1.14 bits per heavy atom. The Bertz CT molecular complexity index is 517. The molecule has 2 N–H and O–H groups in total. The third-order valence-electron chi connectivity index (χ3n) is 3.23. The van der Waals surface area contributed by atoms with Crippen LogP contribution in [0.1, 0.15) is 6.92 Å². The van der Waals surface area contributed by atoms with Gasteiger partial charge in [0.05, 0.1) is 13.2 Å². The van der Waals surface area contributed by atoms with E-state index in [2.05, 4.69) is 16.1 Å². The van der Waals surface area contributed by atoms with Gasteiger partial charge < -0.3 is 19.7 Å². The zero-order valence-corrected chi connectivity index (χ0v) is 13.4. The molecule has 0 saturated heterocycles. The molecule has 4 nitrogen and oxygen atoms in total. The zero-order chi connectivity index (χ0) is 23.0. The minimum atomic E-state index is -7.52. The molecule has 0 aromatic carbocycles. The first-order valence-electron chi connectivity index (χ1n) is 6.66. The van der Waals surface area contributed by atoms with Gasteiger partial charge in [0.1, 0.15) is 0 Å². The molecule has 0 saturated carbocycles. The molecule has 0 spiro atoms. The van der Waals surface area contributed by atoms with Crippen molar-refractivity contribution in [2.45, 2.75) is 49.1 Å². The van der Waals surface area contributed by atoms with E-state index < -0.39 is 55.4 Å². The molecule has 0 aromatic heterocycles. The van der Waals surface area contributed by atoms with Crippen molar-refractivity contribution in [2.24, 2.45) is 0 Å². The summed E-state index contributed by atoms with van der Waals surface area (Å²) in [7, 11) is 0. The van der Waals surface area contributed by atoms with Gasteiger partial charge in [-0.25, -0.2) is 0 Å². The molecule has 0 radical (unpaired) electrons. The average molecular weight is 448 g/mol. The summed E-state index contributed by atoms with van der Waals surface area (Å²) in [4.78, 5) is 0. The Labute approximate surface area is 148 Å². The summed E-state index contributed by atoms with van der Waals surface area (Å²) in [6.45, 7) is 0.412. The summed E-state index contributed by atoms with van der Waals surface area (Å²) in [6.07, 6.45) is -31.9. The van der Waals surface area contributed by atoms with E-state index in [0.29, 0.717) is 0 Å². The number of hydrogen-bond donors (Lipinski definition) is 2. The van der Waals surface area contributed by atoms with E-state index in [1.807, 2.05) is 0 Å². The second-order valence-electron chi connectivity index (χ2n) is 5.30. The Morgan fingerprint density at radius 1 is 0.786 bits per heavy atom. The van der Waals surface area contributed by atoms with Crippen LogP contribution in [0.25, 0.3) is 0 Å². The highest BCUT2D eigenvalue weighted by molar-refractivity contribution is 5.18. The van der Waals surface area contributed by atoms with E-state index in [9.17, 15) is 52.7 Å². The predicted octanol–water partition coefficient (Wildman–Crippen LogP) is 3.63. The molecule has 0 fully saturated rings. The smallest absolute Gasteiger partial charge is 0.371 e. The highest BCUT2D eigenvalue weighted by Crippen LogP contribution is 2.61. The zero-order valence-electron chi connectivity index (χ0n) is 13.4. The fraction of sp³-hybridized carbons (Fsp3) is 0.833. The molecule has 1 atom stereocenters. The largest absolute Gasteiger partial charge is 0.430 e. The molecular formula is C12H12F12O4. The summed E-state index contributed by atoms with van der Waals surface area (Å²) in [6, 6.07) is 0. The summed E-state index contributed by atoms with van der Waals surface area (Å²) in [5, 5.41) is 17.9. The van der Waals surface area contributed by atoms with Gasteiger partial charge in [0.2, 0.25) is 0 Å². The lowest BCUT2D eigenvalue weighted by atomic mass is 9.79. The lowest BCUT2D eigenvalue weighted by Gasteiger charge is -2.48. The number of alkyl halides is 12. The van der Waals surface area contributed by atoms with Gasteiger partial charge in [0.15, 0.2) is 6.29 Å². The maximum absolute atomic E-state index is 13.0. The van der Waals surface area contributed by atoms with Crippen LogP contribution in [0, 0.1) is 0 Å². The third-order valence-corrected chi connectivity index (χ3v) is 3.23. The minimum Gasteiger partial charge on any atom is -0.371 e. The molecule has 0 aliphatic carbocycles. The Morgan fingerprint density at radius 3 is 1.39 bits per heavy atom. The summed E-state index contributed by atoms with van der Waals surface area (Å²) in [5.74, 6) is 0. The van der Waals surface area contributed by atoms with Crippen molar-refractivity contribution in [1.82, 2.24) is 0 Å². The number of aliphatic hydroxyl groups is 2. The van der Waals surface area contributed by atoms with Gasteiger partial charge in [-0.3, -0.25) is 0 Å². The molecule has 0 aromatic rings. The molecule has 1 unspecified atom stereocenters. The topological polar surface area (TPSA) is 58.9 Å². The number of rotatable bonds is 7. The van der Waals surface area contributed by atoms with E-state index in [1.165, 1.54) is 0 Å². The summed E-state index contributed by atoms with van der Waals surface area (Å²) >= 11 is 0. The standard InChI is InChI=1S/C12H12F12O4/c1-5(2)6(25)27-3-4-28-8(11(19,20)21,12(22,23)24)7(26,9(13,14)15)10(16,17)18/h6,25-26H,1,3-4H2,2H3. The minimum absolute atomic E-state index is 0.250. The van der Waals surface area contributed by atoms with Crippen LogP contribution in [0.2, 0.25) is 0 Å². The first-order chi connectivity index (χ1) is 12.1. The Balaban J connectivity index is 6.46. The number of aliphatic hydroxyl groups excluding tert-OH is 1. The molecule has 0 bridgehead atoms. The first-order valence-corrected chi connectivity index (χ1v) is 6.66. The molecule has 168 valence electrons.